The number of nitrogens with one attached hydrogen (secondary N) is 1. The van der Waals surface area contributed by atoms with Gasteiger partial charge in [-0.1, -0.05) is 30.3 Å². The number of anilines is 1. The first-order valence-corrected chi connectivity index (χ1v) is 7.59. The van der Waals surface area contributed by atoms with E-state index in [-0.39, 0.29) is 17.2 Å². The van der Waals surface area contributed by atoms with Gasteiger partial charge >= 0.3 is 0 Å². The normalized spacial score (nSPS) is 10.4. The Morgan fingerprint density at radius 3 is 2.46 bits per heavy atom. The number of carbonyl (C=O) groups excluding carboxylic acids is 1. The molecule has 0 aliphatic rings. The summed E-state index contributed by atoms with van der Waals surface area (Å²) in [7, 11) is 0. The fraction of sp³-hybridized carbons (Fsp3) is 0.105. The minimum atomic E-state index is -0.353. The van der Waals surface area contributed by atoms with Crippen molar-refractivity contribution < 1.29 is 4.79 Å². The average Bonchev–Trinajstić information content (AvgIpc) is 2.60. The SMILES string of the molecule is Cc1cccc(NC(=O)c2ccc(=O)n(-c3ccccc3)n2)c1C. The van der Waals surface area contributed by atoms with Crippen LogP contribution in [0.4, 0.5) is 5.69 Å². The summed E-state index contributed by atoms with van der Waals surface area (Å²) in [5.41, 5.74) is 3.34. The van der Waals surface area contributed by atoms with Crippen molar-refractivity contribution in [3.8, 4) is 5.69 Å². The first-order chi connectivity index (χ1) is 11.6. The number of hydrogen-bond acceptors (Lipinski definition) is 3. The highest BCUT2D eigenvalue weighted by molar-refractivity contribution is 6.03. The standard InChI is InChI=1S/C19H17N3O2/c1-13-7-6-10-16(14(13)2)20-19(24)17-11-12-18(23)22(21-17)15-8-4-3-5-9-15/h3-12H,1-2H3,(H,20,24). The zero-order valence-corrected chi connectivity index (χ0v) is 13.5. The number of nitrogens with zero attached hydrogens (tertiary/aromatic N) is 2. The zero-order valence-electron chi connectivity index (χ0n) is 13.5. The van der Waals surface area contributed by atoms with Gasteiger partial charge in [-0.3, -0.25) is 9.59 Å². The molecule has 0 bridgehead atoms. The molecule has 0 saturated carbocycles. The summed E-state index contributed by atoms with van der Waals surface area (Å²) in [4.78, 5) is 24.5. The predicted octanol–water partition coefficient (Wildman–Crippen LogP) is 3.10. The van der Waals surface area contributed by atoms with Gasteiger partial charge in [0, 0.05) is 11.8 Å². The fourth-order valence-electron chi connectivity index (χ4n) is 2.36. The second-order valence-corrected chi connectivity index (χ2v) is 5.51. The smallest absolute Gasteiger partial charge is 0.276 e. The Hall–Kier alpha value is -3.21. The van der Waals surface area contributed by atoms with E-state index in [1.54, 1.807) is 12.1 Å². The molecule has 5 nitrogen and oxygen atoms in total. The zero-order chi connectivity index (χ0) is 17.1. The Kier molecular flexibility index (Phi) is 4.24. The van der Waals surface area contributed by atoms with Crippen LogP contribution in [0.15, 0.2) is 65.5 Å². The fourth-order valence-corrected chi connectivity index (χ4v) is 2.36. The van der Waals surface area contributed by atoms with Crippen LogP contribution in [0.5, 0.6) is 0 Å². The van der Waals surface area contributed by atoms with E-state index in [0.717, 1.165) is 16.8 Å². The van der Waals surface area contributed by atoms with Crippen LogP contribution in [-0.2, 0) is 0 Å². The van der Waals surface area contributed by atoms with E-state index in [0.29, 0.717) is 5.69 Å². The summed E-state index contributed by atoms with van der Waals surface area (Å²) in [6.07, 6.45) is 0. The van der Waals surface area contributed by atoms with E-state index in [4.69, 9.17) is 0 Å². The van der Waals surface area contributed by atoms with Crippen molar-refractivity contribution in [1.29, 1.82) is 0 Å². The Labute approximate surface area is 139 Å². The Morgan fingerprint density at radius 2 is 1.71 bits per heavy atom. The number of aromatic nitrogens is 2. The molecule has 24 heavy (non-hydrogen) atoms. The van der Waals surface area contributed by atoms with E-state index in [2.05, 4.69) is 10.4 Å². The summed E-state index contributed by atoms with van der Waals surface area (Å²) in [6.45, 7) is 3.93. The number of para-hydroxylation sites is 1. The van der Waals surface area contributed by atoms with Gasteiger partial charge in [0.2, 0.25) is 0 Å². The molecule has 0 fully saturated rings. The lowest BCUT2D eigenvalue weighted by Gasteiger charge is -2.11. The van der Waals surface area contributed by atoms with Crippen LogP contribution in [0.1, 0.15) is 21.6 Å². The minimum Gasteiger partial charge on any atom is -0.320 e. The van der Waals surface area contributed by atoms with Crippen LogP contribution >= 0.6 is 0 Å². The topological polar surface area (TPSA) is 64.0 Å². The summed E-state index contributed by atoms with van der Waals surface area (Å²) in [5.74, 6) is -0.353. The first-order valence-electron chi connectivity index (χ1n) is 7.59. The number of benzene rings is 2. The van der Waals surface area contributed by atoms with Gasteiger partial charge in [0.1, 0.15) is 5.69 Å². The average molecular weight is 319 g/mol. The lowest BCUT2D eigenvalue weighted by molar-refractivity contribution is 0.102. The van der Waals surface area contributed by atoms with Crippen LogP contribution < -0.4 is 10.9 Å². The van der Waals surface area contributed by atoms with Crippen molar-refractivity contribution in [2.45, 2.75) is 13.8 Å². The number of aryl methyl sites for hydroxylation is 1. The van der Waals surface area contributed by atoms with Crippen molar-refractivity contribution in [1.82, 2.24) is 9.78 Å². The molecule has 0 atom stereocenters. The van der Waals surface area contributed by atoms with Crippen molar-refractivity contribution in [2.24, 2.45) is 0 Å². The van der Waals surface area contributed by atoms with Crippen molar-refractivity contribution >= 4 is 11.6 Å². The minimum absolute atomic E-state index is 0.180. The van der Waals surface area contributed by atoms with E-state index < -0.39 is 0 Å². The second-order valence-electron chi connectivity index (χ2n) is 5.51. The molecule has 0 radical (unpaired) electrons. The highest BCUT2D eigenvalue weighted by Gasteiger charge is 2.12. The first kappa shape index (κ1) is 15.7. The lowest BCUT2D eigenvalue weighted by atomic mass is 10.1. The molecule has 1 aromatic heterocycles. The van der Waals surface area contributed by atoms with Gasteiger partial charge in [0.25, 0.3) is 11.5 Å². The Balaban J connectivity index is 1.94. The summed E-state index contributed by atoms with van der Waals surface area (Å²) in [6, 6.07) is 17.5. The van der Waals surface area contributed by atoms with Gasteiger partial charge in [-0.15, -0.1) is 0 Å². The molecular weight excluding hydrogens is 302 g/mol. The molecule has 0 unspecified atom stereocenters. The largest absolute Gasteiger partial charge is 0.320 e. The quantitative estimate of drug-likeness (QED) is 0.807. The van der Waals surface area contributed by atoms with Gasteiger partial charge in [-0.25, -0.2) is 0 Å². The van der Waals surface area contributed by atoms with E-state index in [1.807, 2.05) is 50.2 Å². The van der Waals surface area contributed by atoms with Crippen molar-refractivity contribution in [3.05, 3.63) is 87.8 Å². The maximum absolute atomic E-state index is 12.5. The van der Waals surface area contributed by atoms with Crippen LogP contribution in [0.3, 0.4) is 0 Å². The third-order valence-corrected chi connectivity index (χ3v) is 3.89. The molecule has 0 spiro atoms. The molecule has 3 aromatic rings. The van der Waals surface area contributed by atoms with Crippen molar-refractivity contribution in [3.63, 3.8) is 0 Å². The van der Waals surface area contributed by atoms with Gasteiger partial charge in [0.05, 0.1) is 5.69 Å². The molecule has 3 rings (SSSR count). The molecule has 0 saturated heterocycles. The molecule has 5 heteroatoms. The Bertz CT molecular complexity index is 946. The van der Waals surface area contributed by atoms with Gasteiger partial charge in [-0.05, 0) is 49.2 Å². The molecule has 0 aliphatic carbocycles. The summed E-state index contributed by atoms with van der Waals surface area (Å²) < 4.78 is 1.22. The molecule has 1 heterocycles. The van der Waals surface area contributed by atoms with Crippen LogP contribution in [-0.4, -0.2) is 15.7 Å². The van der Waals surface area contributed by atoms with E-state index in [9.17, 15) is 9.59 Å². The third-order valence-electron chi connectivity index (χ3n) is 3.89. The number of carbonyl (C=O) groups is 1. The van der Waals surface area contributed by atoms with Gasteiger partial charge < -0.3 is 5.32 Å². The second kappa shape index (κ2) is 6.50. The van der Waals surface area contributed by atoms with Crippen molar-refractivity contribution in [2.75, 3.05) is 5.32 Å². The molecule has 1 amide bonds. The predicted molar refractivity (Wildman–Crippen MR) is 93.7 cm³/mol. The molecule has 2 aromatic carbocycles. The molecule has 120 valence electrons. The summed E-state index contributed by atoms with van der Waals surface area (Å²) in [5, 5.41) is 7.03. The number of amides is 1. The van der Waals surface area contributed by atoms with E-state index in [1.165, 1.54) is 16.8 Å². The molecular formula is C19H17N3O2. The van der Waals surface area contributed by atoms with Crippen LogP contribution in [0.2, 0.25) is 0 Å². The maximum atomic E-state index is 12.5. The third kappa shape index (κ3) is 3.10. The monoisotopic (exact) mass is 319 g/mol. The summed E-state index contributed by atoms with van der Waals surface area (Å²) >= 11 is 0. The maximum Gasteiger partial charge on any atom is 0.276 e. The highest BCUT2D eigenvalue weighted by Crippen LogP contribution is 2.18. The molecule has 0 aliphatic heterocycles. The highest BCUT2D eigenvalue weighted by atomic mass is 16.2. The Morgan fingerprint density at radius 1 is 0.958 bits per heavy atom. The van der Waals surface area contributed by atoms with E-state index >= 15 is 0 Å². The number of hydrogen-bond donors (Lipinski definition) is 1. The van der Waals surface area contributed by atoms with Gasteiger partial charge in [0.15, 0.2) is 0 Å². The lowest BCUT2D eigenvalue weighted by Crippen LogP contribution is -2.25. The number of rotatable bonds is 3. The van der Waals surface area contributed by atoms with Crippen LogP contribution in [0, 0.1) is 13.8 Å². The van der Waals surface area contributed by atoms with Crippen LogP contribution in [0.25, 0.3) is 5.69 Å². The molecule has 1 N–H and O–H groups in total. The van der Waals surface area contributed by atoms with Gasteiger partial charge in [-0.2, -0.15) is 9.78 Å².